The number of carboxylic acids is 1. The second kappa shape index (κ2) is 6.19. The Balaban J connectivity index is 2.00. The van der Waals surface area contributed by atoms with Gasteiger partial charge < -0.3 is 10.0 Å². The minimum absolute atomic E-state index is 0.130. The Morgan fingerprint density at radius 1 is 1.42 bits per heavy atom. The van der Waals surface area contributed by atoms with Gasteiger partial charge in [0.1, 0.15) is 4.88 Å². The van der Waals surface area contributed by atoms with Gasteiger partial charge in [0, 0.05) is 17.5 Å². The van der Waals surface area contributed by atoms with E-state index in [2.05, 4.69) is 6.92 Å². The molecule has 104 valence electrons. The van der Waals surface area contributed by atoms with E-state index >= 15 is 0 Å². The molecule has 1 aromatic heterocycles. The zero-order valence-corrected chi connectivity index (χ0v) is 11.9. The summed E-state index contributed by atoms with van der Waals surface area (Å²) in [5.74, 6) is -0.793. The predicted octanol–water partition coefficient (Wildman–Crippen LogP) is 2.78. The van der Waals surface area contributed by atoms with Gasteiger partial charge in [0.25, 0.3) is 0 Å². The smallest absolute Gasteiger partial charge is 0.345 e. The van der Waals surface area contributed by atoms with Crippen molar-refractivity contribution in [1.82, 2.24) is 4.90 Å². The first-order chi connectivity index (χ1) is 9.11. The van der Waals surface area contributed by atoms with Crippen molar-refractivity contribution in [2.24, 2.45) is 0 Å². The molecule has 2 rings (SSSR count). The Labute approximate surface area is 117 Å². The zero-order valence-electron chi connectivity index (χ0n) is 11.1. The first-order valence-electron chi connectivity index (χ1n) is 6.73. The Morgan fingerprint density at radius 2 is 2.21 bits per heavy atom. The largest absolute Gasteiger partial charge is 0.477 e. The Bertz CT molecular complexity index is 469. The third-order valence-corrected chi connectivity index (χ3v) is 4.69. The van der Waals surface area contributed by atoms with E-state index in [1.807, 2.05) is 4.90 Å². The second-order valence-electron chi connectivity index (χ2n) is 4.89. The van der Waals surface area contributed by atoms with E-state index in [4.69, 9.17) is 5.11 Å². The van der Waals surface area contributed by atoms with Gasteiger partial charge in [0.15, 0.2) is 0 Å². The third-order valence-electron chi connectivity index (χ3n) is 3.62. The first kappa shape index (κ1) is 14.1. The molecule has 1 aromatic rings. The number of thiophene rings is 1. The van der Waals surface area contributed by atoms with Crippen LogP contribution in [-0.4, -0.2) is 34.5 Å². The van der Waals surface area contributed by atoms with Crippen molar-refractivity contribution in [2.75, 3.05) is 6.54 Å². The van der Waals surface area contributed by atoms with Gasteiger partial charge in [0.2, 0.25) is 5.91 Å². The van der Waals surface area contributed by atoms with Crippen LogP contribution in [0.1, 0.15) is 47.2 Å². The molecule has 1 fully saturated rings. The highest BCUT2D eigenvalue weighted by Crippen LogP contribution is 2.22. The summed E-state index contributed by atoms with van der Waals surface area (Å²) in [6.45, 7) is 2.96. The predicted molar refractivity (Wildman–Crippen MR) is 74.6 cm³/mol. The van der Waals surface area contributed by atoms with Crippen molar-refractivity contribution < 1.29 is 14.7 Å². The van der Waals surface area contributed by atoms with Crippen molar-refractivity contribution in [3.8, 4) is 0 Å². The maximum absolute atomic E-state index is 12.3. The molecule has 1 aliphatic heterocycles. The molecule has 0 aromatic carbocycles. The number of piperidine rings is 1. The molecule has 1 saturated heterocycles. The quantitative estimate of drug-likeness (QED) is 0.923. The lowest BCUT2D eigenvalue weighted by molar-refractivity contribution is -0.134. The van der Waals surface area contributed by atoms with E-state index in [0.717, 1.165) is 30.7 Å². The number of likely N-dealkylation sites (tertiary alicyclic amines) is 1. The van der Waals surface area contributed by atoms with Crippen LogP contribution in [-0.2, 0) is 11.2 Å². The van der Waals surface area contributed by atoms with Gasteiger partial charge in [-0.25, -0.2) is 4.79 Å². The Kier molecular flexibility index (Phi) is 4.58. The highest BCUT2D eigenvalue weighted by Gasteiger charge is 2.25. The van der Waals surface area contributed by atoms with Crippen molar-refractivity contribution in [3.63, 3.8) is 0 Å². The van der Waals surface area contributed by atoms with Crippen LogP contribution >= 0.6 is 11.3 Å². The molecular weight excluding hydrogens is 262 g/mol. The van der Waals surface area contributed by atoms with Gasteiger partial charge in [0.05, 0.1) is 6.42 Å². The maximum atomic E-state index is 12.3. The summed E-state index contributed by atoms with van der Waals surface area (Å²) in [7, 11) is 0. The molecule has 1 atom stereocenters. The van der Waals surface area contributed by atoms with Crippen LogP contribution in [0.4, 0.5) is 0 Å². The topological polar surface area (TPSA) is 57.6 Å². The van der Waals surface area contributed by atoms with Crippen LogP contribution in [0.2, 0.25) is 0 Å². The zero-order chi connectivity index (χ0) is 13.8. The number of rotatable bonds is 4. The molecule has 5 heteroatoms. The number of amides is 1. The summed E-state index contributed by atoms with van der Waals surface area (Å²) < 4.78 is 0. The number of nitrogens with zero attached hydrogens (tertiary/aromatic N) is 1. The average molecular weight is 281 g/mol. The van der Waals surface area contributed by atoms with E-state index < -0.39 is 5.97 Å². The van der Waals surface area contributed by atoms with Crippen LogP contribution in [0.25, 0.3) is 0 Å². The average Bonchev–Trinajstić information content (AvgIpc) is 2.87. The lowest BCUT2D eigenvalue weighted by Gasteiger charge is -2.35. The van der Waals surface area contributed by atoms with Gasteiger partial charge in [-0.2, -0.15) is 0 Å². The Hall–Kier alpha value is -1.36. The monoisotopic (exact) mass is 281 g/mol. The standard InChI is InChI=1S/C14H19NO3S/c1-2-10-5-3-4-8-15(10)13(16)9-11-6-7-12(19-11)14(17)18/h6-7,10H,2-5,8-9H2,1H3,(H,17,18). The normalized spacial score (nSPS) is 19.4. The minimum atomic E-state index is -0.923. The molecule has 19 heavy (non-hydrogen) atoms. The highest BCUT2D eigenvalue weighted by atomic mass is 32.1. The van der Waals surface area contributed by atoms with Crippen molar-refractivity contribution in [1.29, 1.82) is 0 Å². The van der Waals surface area contributed by atoms with E-state index in [1.54, 1.807) is 12.1 Å². The second-order valence-corrected chi connectivity index (χ2v) is 6.06. The molecular formula is C14H19NO3S. The van der Waals surface area contributed by atoms with Gasteiger partial charge in [-0.05, 0) is 37.8 Å². The molecule has 1 N–H and O–H groups in total. The summed E-state index contributed by atoms with van der Waals surface area (Å²) in [6, 6.07) is 3.68. The molecule has 4 nitrogen and oxygen atoms in total. The molecule has 1 aliphatic rings. The van der Waals surface area contributed by atoms with Crippen molar-refractivity contribution >= 4 is 23.2 Å². The summed E-state index contributed by atoms with van der Waals surface area (Å²) in [4.78, 5) is 26.2. The van der Waals surface area contributed by atoms with E-state index in [-0.39, 0.29) is 5.91 Å². The SMILES string of the molecule is CCC1CCCCN1C(=O)Cc1ccc(C(=O)O)s1. The molecule has 1 unspecified atom stereocenters. The Morgan fingerprint density at radius 3 is 2.84 bits per heavy atom. The fraction of sp³-hybridized carbons (Fsp3) is 0.571. The first-order valence-corrected chi connectivity index (χ1v) is 7.55. The van der Waals surface area contributed by atoms with Crippen molar-refractivity contribution in [2.45, 2.75) is 45.1 Å². The lowest BCUT2D eigenvalue weighted by Crippen LogP contribution is -2.44. The highest BCUT2D eigenvalue weighted by molar-refractivity contribution is 7.14. The maximum Gasteiger partial charge on any atom is 0.345 e. The molecule has 2 heterocycles. The van der Waals surface area contributed by atoms with Gasteiger partial charge in [-0.3, -0.25) is 4.79 Å². The number of carbonyl (C=O) groups is 2. The van der Waals surface area contributed by atoms with Gasteiger partial charge >= 0.3 is 5.97 Å². The number of carbonyl (C=O) groups excluding carboxylic acids is 1. The van der Waals surface area contributed by atoms with Crippen molar-refractivity contribution in [3.05, 3.63) is 21.9 Å². The number of hydrogen-bond acceptors (Lipinski definition) is 3. The fourth-order valence-corrected chi connectivity index (χ4v) is 3.43. The van der Waals surface area contributed by atoms with E-state index in [0.29, 0.717) is 17.3 Å². The van der Waals surface area contributed by atoms with Crippen LogP contribution in [0.15, 0.2) is 12.1 Å². The molecule has 0 spiro atoms. The lowest BCUT2D eigenvalue weighted by atomic mass is 9.99. The van der Waals surface area contributed by atoms with Crippen LogP contribution in [0, 0.1) is 0 Å². The summed E-state index contributed by atoms with van der Waals surface area (Å²) in [5, 5.41) is 8.88. The van der Waals surface area contributed by atoms with Crippen LogP contribution in [0.5, 0.6) is 0 Å². The van der Waals surface area contributed by atoms with E-state index in [1.165, 1.54) is 17.8 Å². The van der Waals surface area contributed by atoms with Gasteiger partial charge in [-0.1, -0.05) is 6.92 Å². The molecule has 1 amide bonds. The van der Waals surface area contributed by atoms with Crippen LogP contribution in [0.3, 0.4) is 0 Å². The third kappa shape index (κ3) is 3.35. The molecule has 0 bridgehead atoms. The summed E-state index contributed by atoms with van der Waals surface area (Å²) >= 11 is 1.20. The minimum Gasteiger partial charge on any atom is -0.477 e. The van der Waals surface area contributed by atoms with Gasteiger partial charge in [-0.15, -0.1) is 11.3 Å². The van der Waals surface area contributed by atoms with Crippen LogP contribution < -0.4 is 0 Å². The fourth-order valence-electron chi connectivity index (χ4n) is 2.59. The number of aromatic carboxylic acids is 1. The molecule has 0 saturated carbocycles. The molecule has 0 radical (unpaired) electrons. The van der Waals surface area contributed by atoms with E-state index in [9.17, 15) is 9.59 Å². The summed E-state index contributed by atoms with van der Waals surface area (Å²) in [6.07, 6.45) is 4.69. The summed E-state index contributed by atoms with van der Waals surface area (Å²) in [5.41, 5.74) is 0. The molecule has 0 aliphatic carbocycles. The number of hydrogen-bond donors (Lipinski definition) is 1. The number of carboxylic acid groups (broad SMARTS) is 1.